The lowest BCUT2D eigenvalue weighted by Crippen LogP contribution is -2.22. The Bertz CT molecular complexity index is 322. The SMILES string of the molecule is CCN(CC)Cc1cc(OC)ccc1OC. The minimum atomic E-state index is 0.878. The first-order valence-corrected chi connectivity index (χ1v) is 5.68. The Morgan fingerprint density at radius 3 is 2.25 bits per heavy atom. The first-order valence-electron chi connectivity index (χ1n) is 5.68. The predicted octanol–water partition coefficient (Wildman–Crippen LogP) is 2.55. The smallest absolute Gasteiger partial charge is 0.123 e. The van der Waals surface area contributed by atoms with Gasteiger partial charge < -0.3 is 9.47 Å². The molecule has 0 aromatic heterocycles. The fourth-order valence-electron chi connectivity index (χ4n) is 1.69. The van der Waals surface area contributed by atoms with Crippen LogP contribution in [0, 0.1) is 0 Å². The maximum absolute atomic E-state index is 5.35. The molecule has 0 saturated heterocycles. The summed E-state index contributed by atoms with van der Waals surface area (Å²) in [6.07, 6.45) is 0. The van der Waals surface area contributed by atoms with Gasteiger partial charge in [-0.1, -0.05) is 13.8 Å². The van der Waals surface area contributed by atoms with Crippen molar-refractivity contribution >= 4 is 0 Å². The molecule has 1 aromatic carbocycles. The van der Waals surface area contributed by atoms with Crippen LogP contribution in [0.4, 0.5) is 0 Å². The largest absolute Gasteiger partial charge is 0.497 e. The van der Waals surface area contributed by atoms with Crippen LogP contribution in [0.5, 0.6) is 11.5 Å². The molecule has 1 aromatic rings. The molecule has 0 spiro atoms. The van der Waals surface area contributed by atoms with Gasteiger partial charge in [0.15, 0.2) is 0 Å². The molecule has 1 rings (SSSR count). The van der Waals surface area contributed by atoms with Gasteiger partial charge >= 0.3 is 0 Å². The van der Waals surface area contributed by atoms with E-state index in [1.54, 1.807) is 14.2 Å². The maximum atomic E-state index is 5.35. The molecular formula is C13H21NO2. The summed E-state index contributed by atoms with van der Waals surface area (Å²) in [5.41, 5.74) is 1.17. The van der Waals surface area contributed by atoms with Gasteiger partial charge in [0.2, 0.25) is 0 Å². The Morgan fingerprint density at radius 1 is 1.06 bits per heavy atom. The van der Waals surface area contributed by atoms with Crippen molar-refractivity contribution in [3.8, 4) is 11.5 Å². The van der Waals surface area contributed by atoms with Crippen LogP contribution in [0.2, 0.25) is 0 Å². The third-order valence-corrected chi connectivity index (χ3v) is 2.78. The Kier molecular flexibility index (Phi) is 5.12. The fraction of sp³-hybridized carbons (Fsp3) is 0.538. The van der Waals surface area contributed by atoms with E-state index < -0.39 is 0 Å². The molecule has 0 atom stereocenters. The van der Waals surface area contributed by atoms with Crippen LogP contribution < -0.4 is 9.47 Å². The summed E-state index contributed by atoms with van der Waals surface area (Å²) >= 11 is 0. The van der Waals surface area contributed by atoms with Crippen molar-refractivity contribution in [1.82, 2.24) is 4.90 Å². The number of rotatable bonds is 6. The van der Waals surface area contributed by atoms with E-state index in [0.29, 0.717) is 0 Å². The lowest BCUT2D eigenvalue weighted by Gasteiger charge is -2.20. The molecule has 0 radical (unpaired) electrons. The van der Waals surface area contributed by atoms with Gasteiger partial charge in [0.05, 0.1) is 14.2 Å². The third kappa shape index (κ3) is 3.14. The van der Waals surface area contributed by atoms with Gasteiger partial charge in [0.25, 0.3) is 0 Å². The van der Waals surface area contributed by atoms with Crippen LogP contribution in [0.1, 0.15) is 19.4 Å². The van der Waals surface area contributed by atoms with Gasteiger partial charge in [-0.15, -0.1) is 0 Å². The molecule has 3 nitrogen and oxygen atoms in total. The lowest BCUT2D eigenvalue weighted by molar-refractivity contribution is 0.288. The second kappa shape index (κ2) is 6.38. The van der Waals surface area contributed by atoms with Crippen molar-refractivity contribution < 1.29 is 9.47 Å². The molecule has 0 saturated carbocycles. The van der Waals surface area contributed by atoms with Gasteiger partial charge in [-0.05, 0) is 31.3 Å². The van der Waals surface area contributed by atoms with Crippen LogP contribution in [0.3, 0.4) is 0 Å². The molecule has 0 aliphatic heterocycles. The number of nitrogens with zero attached hydrogens (tertiary/aromatic N) is 1. The second-order valence-electron chi connectivity index (χ2n) is 3.64. The van der Waals surface area contributed by atoms with Gasteiger partial charge in [0.1, 0.15) is 11.5 Å². The summed E-state index contributed by atoms with van der Waals surface area (Å²) in [4.78, 5) is 2.34. The van der Waals surface area contributed by atoms with Crippen LogP contribution in [-0.4, -0.2) is 32.2 Å². The first kappa shape index (κ1) is 12.8. The van der Waals surface area contributed by atoms with Gasteiger partial charge in [-0.25, -0.2) is 0 Å². The summed E-state index contributed by atoms with van der Waals surface area (Å²) in [5, 5.41) is 0. The Balaban J connectivity index is 2.90. The van der Waals surface area contributed by atoms with Crippen LogP contribution in [-0.2, 0) is 6.54 Å². The highest BCUT2D eigenvalue weighted by Crippen LogP contribution is 2.25. The van der Waals surface area contributed by atoms with E-state index in [1.165, 1.54) is 5.56 Å². The van der Waals surface area contributed by atoms with Gasteiger partial charge in [-0.3, -0.25) is 4.90 Å². The highest BCUT2D eigenvalue weighted by Gasteiger charge is 2.08. The van der Waals surface area contributed by atoms with E-state index in [0.717, 1.165) is 31.1 Å². The molecule has 0 amide bonds. The molecule has 0 unspecified atom stereocenters. The minimum Gasteiger partial charge on any atom is -0.497 e. The summed E-state index contributed by atoms with van der Waals surface area (Å²) in [7, 11) is 3.39. The van der Waals surface area contributed by atoms with Gasteiger partial charge in [-0.2, -0.15) is 0 Å². The maximum Gasteiger partial charge on any atom is 0.123 e. The van der Waals surface area contributed by atoms with Crippen LogP contribution in [0.25, 0.3) is 0 Å². The van der Waals surface area contributed by atoms with E-state index in [9.17, 15) is 0 Å². The zero-order valence-electron chi connectivity index (χ0n) is 10.6. The van der Waals surface area contributed by atoms with Crippen molar-refractivity contribution in [2.75, 3.05) is 27.3 Å². The normalized spacial score (nSPS) is 10.6. The average molecular weight is 223 g/mol. The van der Waals surface area contributed by atoms with Crippen molar-refractivity contribution in [1.29, 1.82) is 0 Å². The van der Waals surface area contributed by atoms with E-state index in [4.69, 9.17) is 9.47 Å². The zero-order chi connectivity index (χ0) is 12.0. The van der Waals surface area contributed by atoms with E-state index in [1.807, 2.05) is 18.2 Å². The quantitative estimate of drug-likeness (QED) is 0.739. The Hall–Kier alpha value is -1.22. The molecule has 0 heterocycles. The predicted molar refractivity (Wildman–Crippen MR) is 66.2 cm³/mol. The Labute approximate surface area is 98.0 Å². The first-order chi connectivity index (χ1) is 7.74. The number of hydrogen-bond acceptors (Lipinski definition) is 3. The average Bonchev–Trinajstić information content (AvgIpc) is 2.35. The second-order valence-corrected chi connectivity index (χ2v) is 3.64. The summed E-state index contributed by atoms with van der Waals surface area (Å²) in [6, 6.07) is 5.92. The summed E-state index contributed by atoms with van der Waals surface area (Å²) in [5.74, 6) is 1.80. The van der Waals surface area contributed by atoms with E-state index >= 15 is 0 Å². The molecule has 0 aliphatic carbocycles. The highest BCUT2D eigenvalue weighted by atomic mass is 16.5. The van der Waals surface area contributed by atoms with E-state index in [2.05, 4.69) is 18.7 Å². The standard InChI is InChI=1S/C13H21NO2/c1-5-14(6-2)10-11-9-12(15-3)7-8-13(11)16-4/h7-9H,5-6,10H2,1-4H3. The van der Waals surface area contributed by atoms with Crippen molar-refractivity contribution in [3.63, 3.8) is 0 Å². The van der Waals surface area contributed by atoms with Crippen molar-refractivity contribution in [3.05, 3.63) is 23.8 Å². The molecule has 0 bridgehead atoms. The van der Waals surface area contributed by atoms with E-state index in [-0.39, 0.29) is 0 Å². The third-order valence-electron chi connectivity index (χ3n) is 2.78. The Morgan fingerprint density at radius 2 is 1.75 bits per heavy atom. The van der Waals surface area contributed by atoms with Crippen LogP contribution in [0.15, 0.2) is 18.2 Å². The molecule has 0 N–H and O–H groups in total. The molecule has 0 aliphatic rings. The molecule has 0 fully saturated rings. The fourth-order valence-corrected chi connectivity index (χ4v) is 1.69. The highest BCUT2D eigenvalue weighted by molar-refractivity contribution is 5.40. The summed E-state index contributed by atoms with van der Waals surface area (Å²) < 4.78 is 10.6. The minimum absolute atomic E-state index is 0.878. The van der Waals surface area contributed by atoms with Crippen LogP contribution >= 0.6 is 0 Å². The van der Waals surface area contributed by atoms with Crippen molar-refractivity contribution in [2.45, 2.75) is 20.4 Å². The molecule has 16 heavy (non-hydrogen) atoms. The number of methoxy groups -OCH3 is 2. The number of ether oxygens (including phenoxy) is 2. The zero-order valence-corrected chi connectivity index (χ0v) is 10.6. The number of hydrogen-bond donors (Lipinski definition) is 0. The van der Waals surface area contributed by atoms with Gasteiger partial charge in [0, 0.05) is 12.1 Å². The molecule has 3 heteroatoms. The topological polar surface area (TPSA) is 21.7 Å². The van der Waals surface area contributed by atoms with Crippen molar-refractivity contribution in [2.24, 2.45) is 0 Å². The molecular weight excluding hydrogens is 202 g/mol. The summed E-state index contributed by atoms with van der Waals surface area (Å²) in [6.45, 7) is 7.30. The monoisotopic (exact) mass is 223 g/mol. The number of benzene rings is 1. The lowest BCUT2D eigenvalue weighted by atomic mass is 10.1. The molecule has 90 valence electrons.